The highest BCUT2D eigenvalue weighted by Gasteiger charge is 2.37. The summed E-state index contributed by atoms with van der Waals surface area (Å²) in [4.78, 5) is 7.08. The SMILES string of the molecule is CN1C2CCCC1CC(n1ncc3cc(-c4nccn4C)ccc31)C2. The van der Waals surface area contributed by atoms with Gasteiger partial charge in [-0.2, -0.15) is 5.10 Å². The highest BCUT2D eigenvalue weighted by molar-refractivity contribution is 5.83. The quantitative estimate of drug-likeness (QED) is 0.718. The van der Waals surface area contributed by atoms with Gasteiger partial charge in [-0.25, -0.2) is 4.98 Å². The maximum Gasteiger partial charge on any atom is 0.139 e. The lowest BCUT2D eigenvalue weighted by molar-refractivity contribution is 0.0380. The van der Waals surface area contributed by atoms with E-state index in [-0.39, 0.29) is 0 Å². The van der Waals surface area contributed by atoms with Gasteiger partial charge in [-0.1, -0.05) is 6.42 Å². The summed E-state index contributed by atoms with van der Waals surface area (Å²) in [6.07, 6.45) is 12.4. The Labute approximate surface area is 148 Å². The second-order valence-electron chi connectivity index (χ2n) is 7.75. The summed E-state index contributed by atoms with van der Waals surface area (Å²) in [6, 6.07) is 8.60. The standard InChI is InChI=1S/C20H25N5/c1-23-9-8-21-20(23)14-6-7-19-15(10-14)13-22-25(19)18-11-16-4-3-5-17(12-18)24(16)2/h6-10,13,16-18H,3-5,11-12H2,1-2H3. The molecule has 0 N–H and O–H groups in total. The average molecular weight is 335 g/mol. The number of aryl methyl sites for hydroxylation is 1. The van der Waals surface area contributed by atoms with Gasteiger partial charge in [0, 0.05) is 42.5 Å². The molecule has 130 valence electrons. The molecule has 2 aliphatic rings. The number of benzene rings is 1. The zero-order valence-electron chi connectivity index (χ0n) is 15.0. The number of aromatic nitrogens is 4. The molecule has 0 aliphatic carbocycles. The van der Waals surface area contributed by atoms with Gasteiger partial charge in [0.1, 0.15) is 5.82 Å². The number of imidazole rings is 1. The van der Waals surface area contributed by atoms with Gasteiger partial charge in [0.25, 0.3) is 0 Å². The number of rotatable bonds is 2. The van der Waals surface area contributed by atoms with Crippen molar-refractivity contribution in [3.05, 3.63) is 36.8 Å². The summed E-state index contributed by atoms with van der Waals surface area (Å²) in [5.41, 5.74) is 2.41. The molecule has 3 aromatic rings. The van der Waals surface area contributed by atoms with E-state index in [1.54, 1.807) is 0 Å². The van der Waals surface area contributed by atoms with Gasteiger partial charge in [-0.05, 0) is 50.9 Å². The van der Waals surface area contributed by atoms with E-state index in [0.717, 1.165) is 23.5 Å². The molecule has 2 aliphatic heterocycles. The molecule has 4 heterocycles. The number of piperidine rings is 2. The third-order valence-corrected chi connectivity index (χ3v) is 6.34. The third kappa shape index (κ3) is 2.41. The first-order valence-corrected chi connectivity index (χ1v) is 9.37. The Morgan fingerprint density at radius 3 is 2.56 bits per heavy atom. The lowest BCUT2D eigenvalue weighted by atomic mass is 9.82. The lowest BCUT2D eigenvalue weighted by Gasteiger charge is -2.47. The van der Waals surface area contributed by atoms with Crippen LogP contribution in [0.3, 0.4) is 0 Å². The molecule has 2 fully saturated rings. The van der Waals surface area contributed by atoms with E-state index >= 15 is 0 Å². The van der Waals surface area contributed by atoms with Crippen LogP contribution < -0.4 is 0 Å². The van der Waals surface area contributed by atoms with Crippen molar-refractivity contribution in [3.63, 3.8) is 0 Å². The molecule has 2 bridgehead atoms. The molecule has 0 saturated carbocycles. The monoisotopic (exact) mass is 335 g/mol. The van der Waals surface area contributed by atoms with Gasteiger partial charge in [0.05, 0.1) is 17.8 Å². The summed E-state index contributed by atoms with van der Waals surface area (Å²) < 4.78 is 4.35. The van der Waals surface area contributed by atoms with Crippen LogP contribution in [0.4, 0.5) is 0 Å². The number of hydrogen-bond donors (Lipinski definition) is 0. The molecule has 2 unspecified atom stereocenters. The number of fused-ring (bicyclic) bond motifs is 3. The fourth-order valence-electron chi connectivity index (χ4n) is 4.91. The highest BCUT2D eigenvalue weighted by atomic mass is 15.3. The van der Waals surface area contributed by atoms with Crippen LogP contribution in [0.2, 0.25) is 0 Å². The molecule has 25 heavy (non-hydrogen) atoms. The summed E-state index contributed by atoms with van der Waals surface area (Å²) >= 11 is 0. The van der Waals surface area contributed by atoms with Crippen LogP contribution in [-0.4, -0.2) is 43.4 Å². The largest absolute Gasteiger partial charge is 0.334 e. The summed E-state index contributed by atoms with van der Waals surface area (Å²) in [6.45, 7) is 0. The molecule has 0 spiro atoms. The first-order chi connectivity index (χ1) is 12.2. The first kappa shape index (κ1) is 15.1. The predicted molar refractivity (Wildman–Crippen MR) is 99.4 cm³/mol. The van der Waals surface area contributed by atoms with Crippen LogP contribution in [0.25, 0.3) is 22.3 Å². The van der Waals surface area contributed by atoms with Crippen molar-refractivity contribution in [1.82, 2.24) is 24.2 Å². The highest BCUT2D eigenvalue weighted by Crippen LogP contribution is 2.39. The van der Waals surface area contributed by atoms with Crippen molar-refractivity contribution in [3.8, 4) is 11.4 Å². The first-order valence-electron chi connectivity index (χ1n) is 9.37. The van der Waals surface area contributed by atoms with E-state index < -0.39 is 0 Å². The topological polar surface area (TPSA) is 38.9 Å². The van der Waals surface area contributed by atoms with E-state index in [4.69, 9.17) is 5.10 Å². The second kappa shape index (κ2) is 5.70. The van der Waals surface area contributed by atoms with Crippen molar-refractivity contribution >= 4 is 10.9 Å². The van der Waals surface area contributed by atoms with Crippen LogP contribution in [0.15, 0.2) is 36.8 Å². The molecule has 5 nitrogen and oxygen atoms in total. The molecule has 0 radical (unpaired) electrons. The van der Waals surface area contributed by atoms with Crippen molar-refractivity contribution < 1.29 is 0 Å². The molecular formula is C20H25N5. The van der Waals surface area contributed by atoms with E-state index in [1.165, 1.54) is 43.0 Å². The lowest BCUT2D eigenvalue weighted by Crippen LogP contribution is -2.50. The Balaban J connectivity index is 1.50. The fraction of sp³-hybridized carbons (Fsp3) is 0.500. The fourth-order valence-corrected chi connectivity index (χ4v) is 4.91. The molecular weight excluding hydrogens is 310 g/mol. The summed E-state index contributed by atoms with van der Waals surface area (Å²) in [7, 11) is 4.35. The average Bonchev–Trinajstić information content (AvgIpc) is 3.20. The van der Waals surface area contributed by atoms with Crippen molar-refractivity contribution in [1.29, 1.82) is 0 Å². The van der Waals surface area contributed by atoms with Crippen LogP contribution in [0.5, 0.6) is 0 Å². The van der Waals surface area contributed by atoms with Gasteiger partial charge in [0.15, 0.2) is 0 Å². The third-order valence-electron chi connectivity index (χ3n) is 6.34. The minimum Gasteiger partial charge on any atom is -0.334 e. The maximum atomic E-state index is 4.79. The van der Waals surface area contributed by atoms with Crippen LogP contribution in [0, 0.1) is 0 Å². The van der Waals surface area contributed by atoms with Gasteiger partial charge in [-0.3, -0.25) is 4.68 Å². The Morgan fingerprint density at radius 1 is 1.04 bits per heavy atom. The molecule has 2 aromatic heterocycles. The molecule has 2 saturated heterocycles. The Kier molecular flexibility index (Phi) is 3.45. The number of nitrogens with zero attached hydrogens (tertiary/aromatic N) is 5. The van der Waals surface area contributed by atoms with Gasteiger partial charge in [0.2, 0.25) is 0 Å². The molecule has 2 atom stereocenters. The van der Waals surface area contributed by atoms with Crippen LogP contribution in [0.1, 0.15) is 38.1 Å². The molecule has 1 aromatic carbocycles. The van der Waals surface area contributed by atoms with Crippen molar-refractivity contribution in [2.24, 2.45) is 7.05 Å². The van der Waals surface area contributed by atoms with Crippen molar-refractivity contribution in [2.45, 2.75) is 50.2 Å². The van der Waals surface area contributed by atoms with Crippen LogP contribution >= 0.6 is 0 Å². The zero-order chi connectivity index (χ0) is 17.0. The van der Waals surface area contributed by atoms with Gasteiger partial charge < -0.3 is 9.47 Å². The summed E-state index contributed by atoms with van der Waals surface area (Å²) in [5, 5.41) is 6.00. The molecule has 0 amide bonds. The van der Waals surface area contributed by atoms with Crippen molar-refractivity contribution in [2.75, 3.05) is 7.05 Å². The second-order valence-corrected chi connectivity index (χ2v) is 7.75. The Morgan fingerprint density at radius 2 is 1.84 bits per heavy atom. The number of hydrogen-bond acceptors (Lipinski definition) is 3. The zero-order valence-corrected chi connectivity index (χ0v) is 15.0. The van der Waals surface area contributed by atoms with E-state index in [1.807, 2.05) is 25.6 Å². The Bertz CT molecular complexity index is 894. The minimum absolute atomic E-state index is 0.531. The molecule has 5 rings (SSSR count). The maximum absolute atomic E-state index is 4.79. The van der Waals surface area contributed by atoms with Gasteiger partial charge in [-0.15, -0.1) is 0 Å². The van der Waals surface area contributed by atoms with E-state index in [0.29, 0.717) is 6.04 Å². The predicted octanol–water partition coefficient (Wildman–Crippen LogP) is 3.62. The Hall–Kier alpha value is -2.14. The molecule has 5 heteroatoms. The smallest absolute Gasteiger partial charge is 0.139 e. The van der Waals surface area contributed by atoms with E-state index in [9.17, 15) is 0 Å². The normalized spacial score (nSPS) is 27.0. The minimum atomic E-state index is 0.531. The van der Waals surface area contributed by atoms with E-state index in [2.05, 4.69) is 44.4 Å². The van der Waals surface area contributed by atoms with Gasteiger partial charge >= 0.3 is 0 Å². The van der Waals surface area contributed by atoms with Crippen LogP contribution in [-0.2, 0) is 7.05 Å². The summed E-state index contributed by atoms with van der Waals surface area (Å²) in [5.74, 6) is 1.00.